The zero-order valence-electron chi connectivity index (χ0n) is 8.73. The normalized spacial score (nSPS) is 20.1. The Kier molecular flexibility index (Phi) is 3.43. The maximum atomic E-state index is 12.0. The van der Waals surface area contributed by atoms with Gasteiger partial charge in [-0.3, -0.25) is 9.63 Å². The smallest absolute Gasteiger partial charge is 0.253 e. The number of hydrogen-bond donors (Lipinski definition) is 1. The van der Waals surface area contributed by atoms with Crippen LogP contribution in [0.15, 0.2) is 24.3 Å². The van der Waals surface area contributed by atoms with Crippen molar-refractivity contribution < 1.29 is 9.63 Å². The second-order valence-corrected chi connectivity index (χ2v) is 4.24. The standard InChI is InChI=1S/C11H13ClN2O2/c12-9-3-1-8(2-4-9)11(15)14-6-5-10(7-14)16-13/h1-4,10H,5-7,13H2. The predicted molar refractivity (Wildman–Crippen MR) is 61.0 cm³/mol. The molecule has 86 valence electrons. The maximum absolute atomic E-state index is 12.0. The molecule has 0 aromatic heterocycles. The minimum absolute atomic E-state index is 0.00350. The van der Waals surface area contributed by atoms with Gasteiger partial charge in [-0.15, -0.1) is 0 Å². The van der Waals surface area contributed by atoms with Crippen molar-refractivity contribution in [2.24, 2.45) is 5.90 Å². The van der Waals surface area contributed by atoms with Gasteiger partial charge in [0.25, 0.3) is 5.91 Å². The average molecular weight is 241 g/mol. The Labute approximate surface area is 98.9 Å². The highest BCUT2D eigenvalue weighted by atomic mass is 35.5. The van der Waals surface area contributed by atoms with E-state index in [2.05, 4.69) is 0 Å². The first-order valence-corrected chi connectivity index (χ1v) is 5.49. The van der Waals surface area contributed by atoms with Gasteiger partial charge < -0.3 is 4.90 Å². The van der Waals surface area contributed by atoms with Crippen LogP contribution in [0.2, 0.25) is 5.02 Å². The Morgan fingerprint density at radius 3 is 2.69 bits per heavy atom. The van der Waals surface area contributed by atoms with Crippen LogP contribution in [-0.4, -0.2) is 30.0 Å². The average Bonchev–Trinajstić information content (AvgIpc) is 2.77. The molecule has 0 bridgehead atoms. The van der Waals surface area contributed by atoms with Crippen molar-refractivity contribution in [1.82, 2.24) is 4.90 Å². The molecule has 2 rings (SSSR count). The lowest BCUT2D eigenvalue weighted by Crippen LogP contribution is -2.30. The van der Waals surface area contributed by atoms with Crippen molar-refractivity contribution in [2.45, 2.75) is 12.5 Å². The molecule has 1 aliphatic rings. The quantitative estimate of drug-likeness (QED) is 0.796. The largest absolute Gasteiger partial charge is 0.336 e. The van der Waals surface area contributed by atoms with Gasteiger partial charge in [0.15, 0.2) is 0 Å². The lowest BCUT2D eigenvalue weighted by molar-refractivity contribution is 0.0537. The van der Waals surface area contributed by atoms with Gasteiger partial charge in [-0.1, -0.05) is 11.6 Å². The van der Waals surface area contributed by atoms with Gasteiger partial charge in [0.1, 0.15) is 0 Å². The highest BCUT2D eigenvalue weighted by Gasteiger charge is 2.27. The molecule has 1 fully saturated rings. The number of nitrogens with zero attached hydrogens (tertiary/aromatic N) is 1. The molecule has 0 radical (unpaired) electrons. The number of carbonyl (C=O) groups excluding carboxylic acids is 1. The van der Waals surface area contributed by atoms with Gasteiger partial charge in [0.05, 0.1) is 6.10 Å². The van der Waals surface area contributed by atoms with Gasteiger partial charge in [-0.25, -0.2) is 5.90 Å². The van der Waals surface area contributed by atoms with Gasteiger partial charge in [-0.2, -0.15) is 0 Å². The molecule has 4 nitrogen and oxygen atoms in total. The lowest BCUT2D eigenvalue weighted by atomic mass is 10.2. The number of benzene rings is 1. The highest BCUT2D eigenvalue weighted by Crippen LogP contribution is 2.16. The van der Waals surface area contributed by atoms with Crippen molar-refractivity contribution in [3.8, 4) is 0 Å². The molecule has 0 aliphatic carbocycles. The zero-order chi connectivity index (χ0) is 11.5. The summed E-state index contributed by atoms with van der Waals surface area (Å²) in [6, 6.07) is 6.87. The van der Waals surface area contributed by atoms with Crippen molar-refractivity contribution in [3.63, 3.8) is 0 Å². The molecular weight excluding hydrogens is 228 g/mol. The third-order valence-electron chi connectivity index (χ3n) is 2.72. The van der Waals surface area contributed by atoms with Crippen LogP contribution in [-0.2, 0) is 4.84 Å². The summed E-state index contributed by atoms with van der Waals surface area (Å²) in [4.78, 5) is 18.5. The van der Waals surface area contributed by atoms with E-state index in [4.69, 9.17) is 22.3 Å². The van der Waals surface area contributed by atoms with Crippen LogP contribution in [0, 0.1) is 0 Å². The van der Waals surface area contributed by atoms with Crippen molar-refractivity contribution in [2.75, 3.05) is 13.1 Å². The van der Waals surface area contributed by atoms with E-state index in [0.717, 1.165) is 6.42 Å². The minimum Gasteiger partial charge on any atom is -0.336 e. The molecule has 0 spiro atoms. The van der Waals surface area contributed by atoms with Crippen LogP contribution in [0.1, 0.15) is 16.8 Å². The summed E-state index contributed by atoms with van der Waals surface area (Å²) in [5, 5.41) is 0.626. The number of nitrogens with two attached hydrogens (primary N) is 1. The molecule has 1 amide bonds. The zero-order valence-corrected chi connectivity index (χ0v) is 9.48. The van der Waals surface area contributed by atoms with Gasteiger partial charge in [0.2, 0.25) is 0 Å². The Morgan fingerprint density at radius 2 is 2.12 bits per heavy atom. The van der Waals surface area contributed by atoms with Gasteiger partial charge in [0, 0.05) is 23.7 Å². The Bertz CT molecular complexity index is 380. The number of hydrogen-bond acceptors (Lipinski definition) is 3. The molecule has 1 heterocycles. The monoisotopic (exact) mass is 240 g/mol. The second kappa shape index (κ2) is 4.82. The van der Waals surface area contributed by atoms with Crippen molar-refractivity contribution >= 4 is 17.5 Å². The molecule has 1 aromatic carbocycles. The van der Waals surface area contributed by atoms with E-state index < -0.39 is 0 Å². The van der Waals surface area contributed by atoms with Crippen molar-refractivity contribution in [3.05, 3.63) is 34.9 Å². The SMILES string of the molecule is NOC1CCN(C(=O)c2ccc(Cl)cc2)C1. The number of halogens is 1. The van der Waals surface area contributed by atoms with Gasteiger partial charge in [-0.05, 0) is 30.7 Å². The summed E-state index contributed by atoms with van der Waals surface area (Å²) in [7, 11) is 0. The fourth-order valence-corrected chi connectivity index (χ4v) is 1.92. The maximum Gasteiger partial charge on any atom is 0.253 e. The van der Waals surface area contributed by atoms with Crippen molar-refractivity contribution in [1.29, 1.82) is 0 Å². The third kappa shape index (κ3) is 2.35. The predicted octanol–water partition coefficient (Wildman–Crippen LogP) is 1.44. The number of rotatable bonds is 2. The number of likely N-dealkylation sites (tertiary alicyclic amines) is 1. The first-order valence-electron chi connectivity index (χ1n) is 5.11. The Balaban J connectivity index is 2.05. The highest BCUT2D eigenvalue weighted by molar-refractivity contribution is 6.30. The van der Waals surface area contributed by atoms with E-state index in [-0.39, 0.29) is 12.0 Å². The van der Waals surface area contributed by atoms with Crippen LogP contribution >= 0.6 is 11.6 Å². The second-order valence-electron chi connectivity index (χ2n) is 3.80. The van der Waals surface area contributed by atoms with E-state index in [1.165, 1.54) is 0 Å². The third-order valence-corrected chi connectivity index (χ3v) is 2.97. The summed E-state index contributed by atoms with van der Waals surface area (Å²) >= 11 is 5.76. The van der Waals surface area contributed by atoms with Crippen LogP contribution in [0.4, 0.5) is 0 Å². The molecule has 1 saturated heterocycles. The molecular formula is C11H13ClN2O2. The summed E-state index contributed by atoms with van der Waals surface area (Å²) in [6.07, 6.45) is 0.742. The first kappa shape index (κ1) is 11.4. The Hall–Kier alpha value is -1.10. The summed E-state index contributed by atoms with van der Waals surface area (Å²) in [5.41, 5.74) is 0.641. The molecule has 1 aromatic rings. The molecule has 16 heavy (non-hydrogen) atoms. The fraction of sp³-hybridized carbons (Fsp3) is 0.364. The van der Waals surface area contributed by atoms with Gasteiger partial charge >= 0.3 is 0 Å². The van der Waals surface area contributed by atoms with E-state index in [1.54, 1.807) is 29.2 Å². The van der Waals surface area contributed by atoms with Crippen LogP contribution in [0.3, 0.4) is 0 Å². The molecule has 2 N–H and O–H groups in total. The topological polar surface area (TPSA) is 55.6 Å². The molecule has 1 unspecified atom stereocenters. The molecule has 5 heteroatoms. The summed E-state index contributed by atoms with van der Waals surface area (Å²) in [5.74, 6) is 5.10. The Morgan fingerprint density at radius 1 is 1.44 bits per heavy atom. The fourth-order valence-electron chi connectivity index (χ4n) is 1.80. The molecule has 1 aliphatic heterocycles. The van der Waals surface area contributed by atoms with E-state index in [9.17, 15) is 4.79 Å². The molecule has 0 saturated carbocycles. The van der Waals surface area contributed by atoms with Crippen LogP contribution in [0.25, 0.3) is 0 Å². The van der Waals surface area contributed by atoms with E-state index in [1.807, 2.05) is 0 Å². The minimum atomic E-state index is -0.0451. The summed E-state index contributed by atoms with van der Waals surface area (Å²) < 4.78 is 0. The molecule has 1 atom stereocenters. The van der Waals surface area contributed by atoms with Crippen LogP contribution < -0.4 is 5.90 Å². The van der Waals surface area contributed by atoms with E-state index >= 15 is 0 Å². The lowest BCUT2D eigenvalue weighted by Gasteiger charge is -2.15. The van der Waals surface area contributed by atoms with Crippen LogP contribution in [0.5, 0.6) is 0 Å². The number of amides is 1. The first-order chi connectivity index (χ1) is 7.70. The van der Waals surface area contributed by atoms with E-state index in [0.29, 0.717) is 23.7 Å². The number of carbonyl (C=O) groups is 1. The summed E-state index contributed by atoms with van der Waals surface area (Å²) in [6.45, 7) is 1.24.